The van der Waals surface area contributed by atoms with Crippen molar-refractivity contribution in [3.63, 3.8) is 0 Å². The Hall–Kier alpha value is -3.90. The maximum absolute atomic E-state index is 14.1. The molecule has 13 heteroatoms. The van der Waals surface area contributed by atoms with Gasteiger partial charge in [0.15, 0.2) is 5.69 Å². The molecule has 2 fully saturated rings. The van der Waals surface area contributed by atoms with Gasteiger partial charge < -0.3 is 10.0 Å². The van der Waals surface area contributed by atoms with E-state index in [9.17, 15) is 22.8 Å². The van der Waals surface area contributed by atoms with Crippen molar-refractivity contribution < 1.29 is 27.9 Å². The molecule has 4 aromatic rings. The van der Waals surface area contributed by atoms with Crippen LogP contribution in [0.3, 0.4) is 0 Å². The molecule has 2 aliphatic rings. The zero-order valence-electron chi connectivity index (χ0n) is 20.3. The molecule has 2 aliphatic heterocycles. The van der Waals surface area contributed by atoms with Gasteiger partial charge in [-0.1, -0.05) is 29.8 Å². The van der Waals surface area contributed by atoms with E-state index in [1.54, 1.807) is 39.9 Å². The maximum Gasteiger partial charge on any atom is 0.416 e. The van der Waals surface area contributed by atoms with Crippen LogP contribution in [0.5, 0.6) is 0 Å². The van der Waals surface area contributed by atoms with Crippen LogP contribution in [0.2, 0.25) is 5.02 Å². The number of carbonyl (C=O) groups is 2. The average molecular weight is 559 g/mol. The number of alkyl halides is 3. The Morgan fingerprint density at radius 2 is 1.82 bits per heavy atom. The van der Waals surface area contributed by atoms with Crippen LogP contribution < -0.4 is 0 Å². The Bertz CT molecular complexity index is 1590. The minimum absolute atomic E-state index is 0.0886. The number of halogens is 4. The number of carbonyl (C=O) groups excluding carboxylic acids is 1. The van der Waals surface area contributed by atoms with Crippen LogP contribution in [0.25, 0.3) is 16.9 Å². The molecule has 9 nitrogen and oxygen atoms in total. The normalized spacial score (nSPS) is 19.6. The van der Waals surface area contributed by atoms with E-state index >= 15 is 0 Å². The summed E-state index contributed by atoms with van der Waals surface area (Å²) < 4.78 is 45.1. The largest absolute Gasteiger partial charge is 0.476 e. The predicted molar refractivity (Wildman–Crippen MR) is 134 cm³/mol. The highest BCUT2D eigenvalue weighted by Crippen LogP contribution is 2.38. The van der Waals surface area contributed by atoms with Gasteiger partial charge >= 0.3 is 18.2 Å². The summed E-state index contributed by atoms with van der Waals surface area (Å²) in [7, 11) is 0. The van der Waals surface area contributed by atoms with Crippen molar-refractivity contribution in [2.24, 2.45) is 11.8 Å². The van der Waals surface area contributed by atoms with Gasteiger partial charge in [-0.05, 0) is 35.6 Å². The van der Waals surface area contributed by atoms with Gasteiger partial charge in [-0.15, -0.1) is 0 Å². The van der Waals surface area contributed by atoms with E-state index in [0.29, 0.717) is 43.1 Å². The first kappa shape index (κ1) is 25.4. The molecule has 1 amide bonds. The summed E-state index contributed by atoms with van der Waals surface area (Å²) >= 11 is 5.87. The highest BCUT2D eigenvalue weighted by atomic mass is 35.5. The number of hydrogen-bond donors (Lipinski definition) is 1. The standard InChI is InChI=1S/C26H22ClF3N6O3/c27-20-14-36(32-23(20)24(37)38)25(39)34-12-17-10-33(11-18(17)13-34)9-16-5-4-15(7-19(16)26(28,29)30)21-8-31-22-3-1-2-6-35(21)22/h1-8,14,17-18H,9-13H2,(H,37,38). The minimum Gasteiger partial charge on any atom is -0.476 e. The van der Waals surface area contributed by atoms with E-state index < -0.39 is 29.4 Å². The second-order valence-corrected chi connectivity index (χ2v) is 10.3. The highest BCUT2D eigenvalue weighted by molar-refractivity contribution is 6.33. The van der Waals surface area contributed by atoms with Crippen LogP contribution in [0, 0.1) is 11.8 Å². The first-order valence-electron chi connectivity index (χ1n) is 12.2. The topological polar surface area (TPSA) is 96.0 Å². The van der Waals surface area contributed by atoms with Crippen molar-refractivity contribution in [1.82, 2.24) is 29.0 Å². The van der Waals surface area contributed by atoms with Crippen LogP contribution in [-0.2, 0) is 12.7 Å². The summed E-state index contributed by atoms with van der Waals surface area (Å²) in [5, 5.41) is 12.8. The molecular weight excluding hydrogens is 537 g/mol. The summed E-state index contributed by atoms with van der Waals surface area (Å²) in [6.07, 6.45) is -0.0197. The number of hydrogen-bond acceptors (Lipinski definition) is 5. The number of amides is 1. The van der Waals surface area contributed by atoms with Crippen molar-refractivity contribution in [2.45, 2.75) is 12.7 Å². The molecular formula is C26H22ClF3N6O3. The third-order valence-electron chi connectivity index (χ3n) is 7.42. The zero-order valence-corrected chi connectivity index (χ0v) is 21.1. The number of fused-ring (bicyclic) bond motifs is 2. The number of benzene rings is 1. The summed E-state index contributed by atoms with van der Waals surface area (Å²) in [6.45, 7) is 2.03. The number of imidazole rings is 1. The van der Waals surface area contributed by atoms with Crippen molar-refractivity contribution >= 4 is 29.2 Å². The molecule has 3 aromatic heterocycles. The minimum atomic E-state index is -4.52. The van der Waals surface area contributed by atoms with Crippen molar-refractivity contribution in [2.75, 3.05) is 26.2 Å². The molecule has 5 heterocycles. The van der Waals surface area contributed by atoms with Gasteiger partial charge in [0.05, 0.1) is 28.7 Å². The van der Waals surface area contributed by atoms with Gasteiger partial charge in [-0.2, -0.15) is 23.0 Å². The van der Waals surface area contributed by atoms with Gasteiger partial charge in [0.1, 0.15) is 5.65 Å². The molecule has 0 radical (unpaired) electrons. The fourth-order valence-electron chi connectivity index (χ4n) is 5.64. The fraction of sp³-hybridized carbons (Fsp3) is 0.308. The molecule has 0 spiro atoms. The molecule has 39 heavy (non-hydrogen) atoms. The number of nitrogens with zero attached hydrogens (tertiary/aromatic N) is 6. The number of carboxylic acid groups (broad SMARTS) is 1. The van der Waals surface area contributed by atoms with Crippen LogP contribution in [0.15, 0.2) is 55.0 Å². The van der Waals surface area contributed by atoms with Gasteiger partial charge in [0.25, 0.3) is 0 Å². The number of aromatic carboxylic acids is 1. The molecule has 0 bridgehead atoms. The molecule has 1 aromatic carbocycles. The van der Waals surface area contributed by atoms with E-state index in [4.69, 9.17) is 16.7 Å². The number of carboxylic acids is 1. The molecule has 6 rings (SSSR count). The molecule has 2 unspecified atom stereocenters. The van der Waals surface area contributed by atoms with Crippen LogP contribution in [-0.4, -0.2) is 72.3 Å². The fourth-order valence-corrected chi connectivity index (χ4v) is 5.85. The van der Waals surface area contributed by atoms with E-state index in [-0.39, 0.29) is 29.0 Å². The monoisotopic (exact) mass is 558 g/mol. The highest BCUT2D eigenvalue weighted by Gasteiger charge is 2.43. The summed E-state index contributed by atoms with van der Waals surface area (Å²) in [5.41, 5.74) is 0.784. The van der Waals surface area contributed by atoms with E-state index in [1.807, 2.05) is 11.0 Å². The smallest absolute Gasteiger partial charge is 0.416 e. The Morgan fingerprint density at radius 1 is 1.08 bits per heavy atom. The van der Waals surface area contributed by atoms with Gasteiger partial charge in [-0.25, -0.2) is 14.6 Å². The average Bonchev–Trinajstić information content (AvgIpc) is 3.65. The first-order valence-corrected chi connectivity index (χ1v) is 12.6. The van der Waals surface area contributed by atoms with Gasteiger partial charge in [0, 0.05) is 44.5 Å². The lowest BCUT2D eigenvalue weighted by Crippen LogP contribution is -2.36. The van der Waals surface area contributed by atoms with Gasteiger partial charge in [0.2, 0.25) is 0 Å². The lowest BCUT2D eigenvalue weighted by Gasteiger charge is -2.23. The van der Waals surface area contributed by atoms with Crippen molar-refractivity contribution in [3.8, 4) is 11.3 Å². The SMILES string of the molecule is O=C(O)c1nn(C(=O)N2CC3CN(Cc4ccc(-c5cnc6ccccn56)cc4C(F)(F)F)CC3C2)cc1Cl. The Kier molecular flexibility index (Phi) is 6.11. The lowest BCUT2D eigenvalue weighted by molar-refractivity contribution is -0.138. The number of likely N-dealkylation sites (tertiary alicyclic amines) is 2. The molecule has 1 N–H and O–H groups in total. The number of rotatable bonds is 4. The van der Waals surface area contributed by atoms with Crippen LogP contribution >= 0.6 is 11.6 Å². The third-order valence-corrected chi connectivity index (χ3v) is 7.70. The Balaban J connectivity index is 1.16. The van der Waals surface area contributed by atoms with Gasteiger partial charge in [-0.3, -0.25) is 9.30 Å². The molecule has 0 saturated carbocycles. The summed E-state index contributed by atoms with van der Waals surface area (Å²) in [4.78, 5) is 31.9. The van der Waals surface area contributed by atoms with E-state index in [0.717, 1.165) is 4.68 Å². The number of pyridine rings is 1. The van der Waals surface area contributed by atoms with Crippen molar-refractivity contribution in [1.29, 1.82) is 0 Å². The predicted octanol–water partition coefficient (Wildman–Crippen LogP) is 4.60. The Morgan fingerprint density at radius 3 is 2.49 bits per heavy atom. The van der Waals surface area contributed by atoms with Crippen molar-refractivity contribution in [3.05, 3.63) is 76.8 Å². The summed E-state index contributed by atoms with van der Waals surface area (Å²) in [5.74, 6) is -1.15. The number of aromatic nitrogens is 4. The Labute approximate surface area is 225 Å². The molecule has 0 aliphatic carbocycles. The second kappa shape index (κ2) is 9.38. The van der Waals surface area contributed by atoms with Crippen LogP contribution in [0.1, 0.15) is 21.6 Å². The molecule has 2 atom stereocenters. The zero-order chi connectivity index (χ0) is 27.5. The van der Waals surface area contributed by atoms with Crippen LogP contribution in [0.4, 0.5) is 18.0 Å². The van der Waals surface area contributed by atoms with E-state index in [1.165, 1.54) is 18.3 Å². The molecule has 202 valence electrons. The third kappa shape index (κ3) is 4.63. The molecule has 2 saturated heterocycles. The quantitative estimate of drug-likeness (QED) is 0.393. The second-order valence-electron chi connectivity index (χ2n) is 9.92. The van der Waals surface area contributed by atoms with E-state index in [2.05, 4.69) is 10.1 Å². The lowest BCUT2D eigenvalue weighted by atomic mass is 10.0. The first-order chi connectivity index (χ1) is 18.6. The summed E-state index contributed by atoms with van der Waals surface area (Å²) in [6, 6.07) is 9.34. The maximum atomic E-state index is 14.1.